The van der Waals surface area contributed by atoms with Crippen molar-refractivity contribution < 1.29 is 9.84 Å². The van der Waals surface area contributed by atoms with E-state index in [0.717, 1.165) is 38.2 Å². The van der Waals surface area contributed by atoms with E-state index in [1.807, 2.05) is 0 Å². The number of benzene rings is 1. The summed E-state index contributed by atoms with van der Waals surface area (Å²) in [7, 11) is 1.74. The van der Waals surface area contributed by atoms with Crippen molar-refractivity contribution in [1.29, 1.82) is 0 Å². The van der Waals surface area contributed by atoms with Gasteiger partial charge in [0.1, 0.15) is 5.75 Å². The minimum absolute atomic E-state index is 0.380. The molecule has 3 rings (SSSR count). The second-order valence-corrected chi connectivity index (χ2v) is 7.57. The average Bonchev–Trinajstić information content (AvgIpc) is 2.55. The van der Waals surface area contributed by atoms with Crippen LogP contribution in [0, 0.1) is 5.92 Å². The van der Waals surface area contributed by atoms with Crippen molar-refractivity contribution in [1.82, 2.24) is 4.90 Å². The maximum atomic E-state index is 10.8. The molecule has 1 heterocycles. The van der Waals surface area contributed by atoms with Crippen LogP contribution >= 0.6 is 11.8 Å². The zero-order valence-corrected chi connectivity index (χ0v) is 14.5. The highest BCUT2D eigenvalue weighted by molar-refractivity contribution is 7.98. The van der Waals surface area contributed by atoms with E-state index < -0.39 is 0 Å². The van der Waals surface area contributed by atoms with Crippen molar-refractivity contribution >= 4 is 11.8 Å². The zero-order chi connectivity index (χ0) is 15.6. The zero-order valence-electron chi connectivity index (χ0n) is 13.7. The van der Waals surface area contributed by atoms with E-state index in [9.17, 15) is 5.11 Å². The van der Waals surface area contributed by atoms with E-state index in [4.69, 9.17) is 4.74 Å². The minimum atomic E-state index is -0.380. The third-order valence-corrected chi connectivity index (χ3v) is 6.14. The predicted molar refractivity (Wildman–Crippen MR) is 91.6 cm³/mol. The molecule has 3 nitrogen and oxygen atoms in total. The molecule has 2 atom stereocenters. The summed E-state index contributed by atoms with van der Waals surface area (Å²) in [4.78, 5) is 3.68. The second kappa shape index (κ2) is 6.81. The summed E-state index contributed by atoms with van der Waals surface area (Å²) < 4.78 is 5.49. The Morgan fingerprint density at radius 2 is 2.23 bits per heavy atom. The van der Waals surface area contributed by atoms with E-state index in [-0.39, 0.29) is 5.60 Å². The Bertz CT molecular complexity index is 522. The molecule has 2 unspecified atom stereocenters. The quantitative estimate of drug-likeness (QED) is 0.860. The molecule has 1 aromatic carbocycles. The van der Waals surface area contributed by atoms with Gasteiger partial charge in [0.05, 0.1) is 12.7 Å². The van der Waals surface area contributed by atoms with Gasteiger partial charge in [-0.2, -0.15) is 0 Å². The molecule has 1 aromatic rings. The molecule has 1 aliphatic heterocycles. The van der Waals surface area contributed by atoms with E-state index in [2.05, 4.69) is 29.4 Å². The van der Waals surface area contributed by atoms with E-state index >= 15 is 0 Å². The van der Waals surface area contributed by atoms with Crippen LogP contribution in [0.15, 0.2) is 23.1 Å². The highest BCUT2D eigenvalue weighted by Gasteiger charge is 2.42. The van der Waals surface area contributed by atoms with Gasteiger partial charge in [0.15, 0.2) is 0 Å². The summed E-state index contributed by atoms with van der Waals surface area (Å²) in [5.74, 6) is 1.43. The lowest BCUT2D eigenvalue weighted by Crippen LogP contribution is -2.52. The van der Waals surface area contributed by atoms with Crippen molar-refractivity contribution in [3.05, 3.63) is 23.8 Å². The summed E-state index contributed by atoms with van der Waals surface area (Å²) in [5.41, 5.74) is 0.922. The molecule has 0 aromatic heterocycles. The first-order valence-corrected chi connectivity index (χ1v) is 9.53. The van der Waals surface area contributed by atoms with Crippen molar-refractivity contribution in [3.8, 4) is 5.75 Å². The molecule has 1 saturated heterocycles. The fourth-order valence-electron chi connectivity index (χ4n) is 4.02. The Labute approximate surface area is 138 Å². The van der Waals surface area contributed by atoms with Crippen molar-refractivity contribution in [2.24, 2.45) is 5.92 Å². The van der Waals surface area contributed by atoms with Crippen LogP contribution in [0.2, 0.25) is 0 Å². The van der Waals surface area contributed by atoms with Crippen LogP contribution in [-0.2, 0) is 6.54 Å². The molecular formula is C18H27NO2S. The number of methoxy groups -OCH3 is 1. The van der Waals surface area contributed by atoms with Gasteiger partial charge in [0.2, 0.25) is 0 Å². The lowest BCUT2D eigenvalue weighted by molar-refractivity contribution is -0.0967. The SMILES string of the molecule is COc1cc(CN2CCC3(O)CCCCC3C2)ccc1SC. The van der Waals surface area contributed by atoms with Gasteiger partial charge in [-0.15, -0.1) is 11.8 Å². The Hall–Kier alpha value is -0.710. The summed E-state index contributed by atoms with van der Waals surface area (Å²) in [6.07, 6.45) is 7.66. The minimum Gasteiger partial charge on any atom is -0.496 e. The Balaban J connectivity index is 1.66. The maximum Gasteiger partial charge on any atom is 0.132 e. The van der Waals surface area contributed by atoms with Crippen LogP contribution < -0.4 is 4.74 Å². The van der Waals surface area contributed by atoms with E-state index in [1.54, 1.807) is 18.9 Å². The molecule has 0 bridgehead atoms. The van der Waals surface area contributed by atoms with Crippen LogP contribution in [0.1, 0.15) is 37.7 Å². The van der Waals surface area contributed by atoms with Crippen molar-refractivity contribution in [2.45, 2.75) is 49.1 Å². The molecule has 2 aliphatic rings. The Morgan fingerprint density at radius 3 is 3.00 bits per heavy atom. The molecule has 1 saturated carbocycles. The van der Waals surface area contributed by atoms with Gasteiger partial charge in [0, 0.05) is 30.4 Å². The van der Waals surface area contributed by atoms with Crippen LogP contribution in [0.25, 0.3) is 0 Å². The maximum absolute atomic E-state index is 10.8. The van der Waals surface area contributed by atoms with Gasteiger partial charge >= 0.3 is 0 Å². The lowest BCUT2D eigenvalue weighted by atomic mass is 9.71. The molecule has 22 heavy (non-hydrogen) atoms. The first-order valence-electron chi connectivity index (χ1n) is 8.30. The number of rotatable bonds is 4. The number of fused-ring (bicyclic) bond motifs is 1. The molecule has 4 heteroatoms. The summed E-state index contributed by atoms with van der Waals surface area (Å²) in [6, 6.07) is 6.52. The van der Waals surface area contributed by atoms with E-state index in [0.29, 0.717) is 5.92 Å². The number of nitrogens with zero attached hydrogens (tertiary/aromatic N) is 1. The van der Waals surface area contributed by atoms with Crippen molar-refractivity contribution in [2.75, 3.05) is 26.5 Å². The molecule has 0 amide bonds. The highest BCUT2D eigenvalue weighted by Crippen LogP contribution is 2.40. The topological polar surface area (TPSA) is 32.7 Å². The first-order chi connectivity index (χ1) is 10.6. The highest BCUT2D eigenvalue weighted by atomic mass is 32.2. The van der Waals surface area contributed by atoms with E-state index in [1.165, 1.54) is 29.7 Å². The average molecular weight is 321 g/mol. The van der Waals surface area contributed by atoms with Crippen LogP contribution in [0.3, 0.4) is 0 Å². The largest absolute Gasteiger partial charge is 0.496 e. The number of likely N-dealkylation sites (tertiary alicyclic amines) is 1. The summed E-state index contributed by atoms with van der Waals surface area (Å²) >= 11 is 1.72. The third kappa shape index (κ3) is 3.29. The van der Waals surface area contributed by atoms with Crippen LogP contribution in [0.4, 0.5) is 0 Å². The standard InChI is InChI=1S/C18H27NO2S/c1-21-16-11-14(6-7-17(16)22-2)12-19-10-9-18(20)8-4-3-5-15(18)13-19/h6-7,11,15,20H,3-5,8-10,12-13H2,1-2H3. The molecule has 122 valence electrons. The first kappa shape index (κ1) is 16.2. The molecule has 2 fully saturated rings. The molecule has 1 N–H and O–H groups in total. The Kier molecular flexibility index (Phi) is 5.00. The lowest BCUT2D eigenvalue weighted by Gasteiger charge is -2.47. The fourth-order valence-corrected chi connectivity index (χ4v) is 4.57. The normalized spacial score (nSPS) is 29.1. The monoisotopic (exact) mass is 321 g/mol. The number of piperidine rings is 1. The smallest absolute Gasteiger partial charge is 0.132 e. The second-order valence-electron chi connectivity index (χ2n) is 6.72. The molecular weight excluding hydrogens is 294 g/mol. The van der Waals surface area contributed by atoms with Gasteiger partial charge in [-0.25, -0.2) is 0 Å². The number of hydrogen-bond donors (Lipinski definition) is 1. The van der Waals surface area contributed by atoms with Crippen molar-refractivity contribution in [3.63, 3.8) is 0 Å². The predicted octanol–water partition coefficient (Wildman–Crippen LogP) is 3.54. The van der Waals surface area contributed by atoms with Gasteiger partial charge < -0.3 is 9.84 Å². The van der Waals surface area contributed by atoms with Crippen LogP contribution in [0.5, 0.6) is 5.75 Å². The number of ether oxygens (including phenoxy) is 1. The van der Waals surface area contributed by atoms with Gasteiger partial charge in [-0.3, -0.25) is 4.90 Å². The Morgan fingerprint density at radius 1 is 1.36 bits per heavy atom. The van der Waals surface area contributed by atoms with Crippen LogP contribution in [-0.4, -0.2) is 42.1 Å². The fraction of sp³-hybridized carbons (Fsp3) is 0.667. The van der Waals surface area contributed by atoms with Gasteiger partial charge in [-0.05, 0) is 43.2 Å². The number of hydrogen-bond acceptors (Lipinski definition) is 4. The molecule has 0 radical (unpaired) electrons. The summed E-state index contributed by atoms with van der Waals surface area (Å²) in [5, 5.41) is 10.8. The molecule has 1 aliphatic carbocycles. The third-order valence-electron chi connectivity index (χ3n) is 5.37. The number of aliphatic hydroxyl groups is 1. The number of thioether (sulfide) groups is 1. The van der Waals surface area contributed by atoms with Gasteiger partial charge in [-0.1, -0.05) is 18.9 Å². The summed E-state index contributed by atoms with van der Waals surface area (Å²) in [6.45, 7) is 2.99. The molecule has 0 spiro atoms. The van der Waals surface area contributed by atoms with Gasteiger partial charge in [0.25, 0.3) is 0 Å².